The summed E-state index contributed by atoms with van der Waals surface area (Å²) in [6, 6.07) is 28.8. The molecule has 2 fully saturated rings. The van der Waals surface area contributed by atoms with Gasteiger partial charge in [0, 0.05) is 4.47 Å². The third-order valence-electron chi connectivity index (χ3n) is 10.5. The molecule has 6 aliphatic rings. The normalized spacial score (nSPS) is 29.5. The Labute approximate surface area is 221 Å². The standard InChI is InChI=1S/C35H29Br/c1-19-6-8-27-30-17-28-22-12-20-11-21(13-22)15-23(14-20)29(28)18-34(30)35(32(27)10-19)31-5-3-2-4-25(31)26-9-7-24(36)16-33(26)35/h2-10,16-18,20-23H,11-15H2,1H3. The van der Waals surface area contributed by atoms with Crippen molar-refractivity contribution in [1.82, 2.24) is 0 Å². The van der Waals surface area contributed by atoms with Crippen molar-refractivity contribution < 1.29 is 0 Å². The first-order valence-corrected chi connectivity index (χ1v) is 14.6. The van der Waals surface area contributed by atoms with Crippen LogP contribution in [0.3, 0.4) is 0 Å². The lowest BCUT2D eigenvalue weighted by Gasteiger charge is -2.38. The summed E-state index contributed by atoms with van der Waals surface area (Å²) in [7, 11) is 0. The highest BCUT2D eigenvalue weighted by Crippen LogP contribution is 2.65. The Kier molecular flexibility index (Phi) is 3.86. The van der Waals surface area contributed by atoms with E-state index in [-0.39, 0.29) is 5.41 Å². The van der Waals surface area contributed by atoms with Gasteiger partial charge in [0.05, 0.1) is 5.41 Å². The van der Waals surface area contributed by atoms with E-state index in [2.05, 4.69) is 95.7 Å². The van der Waals surface area contributed by atoms with Crippen molar-refractivity contribution in [3.05, 3.63) is 116 Å². The van der Waals surface area contributed by atoms with Crippen LogP contribution < -0.4 is 0 Å². The molecule has 0 heterocycles. The average molecular weight is 530 g/mol. The molecular formula is C35H29Br. The zero-order valence-electron chi connectivity index (χ0n) is 20.7. The molecule has 3 unspecified atom stereocenters. The summed E-state index contributed by atoms with van der Waals surface area (Å²) in [4.78, 5) is 0. The van der Waals surface area contributed by atoms with Gasteiger partial charge in [-0.3, -0.25) is 0 Å². The maximum atomic E-state index is 3.85. The van der Waals surface area contributed by atoms with Crippen LogP contribution in [0.15, 0.2) is 77.3 Å². The van der Waals surface area contributed by atoms with Crippen LogP contribution in [-0.4, -0.2) is 0 Å². The molecule has 6 aliphatic carbocycles. The zero-order valence-corrected chi connectivity index (χ0v) is 22.2. The van der Waals surface area contributed by atoms with Gasteiger partial charge < -0.3 is 0 Å². The van der Waals surface area contributed by atoms with E-state index in [1.54, 1.807) is 11.1 Å². The first kappa shape index (κ1) is 20.4. The minimum atomic E-state index is -0.231. The van der Waals surface area contributed by atoms with Crippen molar-refractivity contribution >= 4 is 15.9 Å². The maximum Gasteiger partial charge on any atom is 0.0726 e. The highest BCUT2D eigenvalue weighted by Gasteiger charge is 2.53. The molecule has 1 spiro atoms. The molecule has 4 bridgehead atoms. The highest BCUT2D eigenvalue weighted by atomic mass is 79.9. The maximum absolute atomic E-state index is 3.85. The Balaban J connectivity index is 1.43. The number of aryl methyl sites for hydroxylation is 1. The quantitative estimate of drug-likeness (QED) is 0.184. The topological polar surface area (TPSA) is 0 Å². The molecule has 4 aromatic carbocycles. The number of halogens is 1. The number of hydrogen-bond donors (Lipinski definition) is 0. The van der Waals surface area contributed by atoms with Crippen LogP contribution in [0.1, 0.15) is 82.9 Å². The third-order valence-corrected chi connectivity index (χ3v) is 11.0. The fourth-order valence-electron chi connectivity index (χ4n) is 9.41. The Hall–Kier alpha value is -2.64. The van der Waals surface area contributed by atoms with Gasteiger partial charge in [0.1, 0.15) is 0 Å². The fourth-order valence-corrected chi connectivity index (χ4v) is 9.77. The van der Waals surface area contributed by atoms with E-state index in [0.717, 1.165) is 23.7 Å². The van der Waals surface area contributed by atoms with Crippen LogP contribution in [0.4, 0.5) is 0 Å². The Bertz CT molecular complexity index is 1610. The largest absolute Gasteiger partial charge is 0.0726 e. The van der Waals surface area contributed by atoms with Crippen LogP contribution in [0, 0.1) is 18.8 Å². The molecule has 0 amide bonds. The molecule has 3 atom stereocenters. The molecule has 2 saturated carbocycles. The van der Waals surface area contributed by atoms with Gasteiger partial charge in [-0.05, 0) is 130 Å². The third kappa shape index (κ3) is 2.37. The molecule has 10 rings (SSSR count). The number of fused-ring (bicyclic) bond motifs is 10. The molecule has 1 heteroatoms. The molecule has 0 N–H and O–H groups in total. The lowest BCUT2D eigenvalue weighted by atomic mass is 9.67. The molecule has 0 nitrogen and oxygen atoms in total. The van der Waals surface area contributed by atoms with Gasteiger partial charge in [-0.15, -0.1) is 0 Å². The second-order valence-electron chi connectivity index (χ2n) is 12.4. The lowest BCUT2D eigenvalue weighted by Crippen LogP contribution is -2.26. The minimum absolute atomic E-state index is 0.231. The molecule has 0 aromatic heterocycles. The second-order valence-corrected chi connectivity index (χ2v) is 13.3. The second kappa shape index (κ2) is 6.81. The molecular weight excluding hydrogens is 500 g/mol. The van der Waals surface area contributed by atoms with Gasteiger partial charge in [-0.2, -0.15) is 0 Å². The highest BCUT2D eigenvalue weighted by molar-refractivity contribution is 9.10. The zero-order chi connectivity index (χ0) is 23.8. The summed E-state index contributed by atoms with van der Waals surface area (Å²) in [5.41, 5.74) is 16.2. The van der Waals surface area contributed by atoms with E-state index < -0.39 is 0 Å². The summed E-state index contributed by atoms with van der Waals surface area (Å²) >= 11 is 3.85. The van der Waals surface area contributed by atoms with Gasteiger partial charge in [-0.1, -0.05) is 82.2 Å². The smallest absolute Gasteiger partial charge is 0.0619 e. The Morgan fingerprint density at radius 3 is 2.00 bits per heavy atom. The Morgan fingerprint density at radius 1 is 0.583 bits per heavy atom. The van der Waals surface area contributed by atoms with E-state index >= 15 is 0 Å². The SMILES string of the molecule is Cc1ccc2c(c1)C1(c3ccccc3-c3ccc(Br)cc31)c1cc3c(cc1-2)C1CC2CC(C1)CC3C2. The molecule has 4 aromatic rings. The Morgan fingerprint density at radius 2 is 1.19 bits per heavy atom. The van der Waals surface area contributed by atoms with E-state index in [4.69, 9.17) is 0 Å². The van der Waals surface area contributed by atoms with Gasteiger partial charge in [-0.25, -0.2) is 0 Å². The van der Waals surface area contributed by atoms with Crippen LogP contribution >= 0.6 is 15.9 Å². The van der Waals surface area contributed by atoms with Crippen molar-refractivity contribution in [3.8, 4) is 22.3 Å². The van der Waals surface area contributed by atoms with Gasteiger partial charge in [0.15, 0.2) is 0 Å². The molecule has 36 heavy (non-hydrogen) atoms. The van der Waals surface area contributed by atoms with Crippen molar-refractivity contribution in [3.63, 3.8) is 0 Å². The van der Waals surface area contributed by atoms with Crippen molar-refractivity contribution in [2.45, 2.75) is 56.3 Å². The van der Waals surface area contributed by atoms with Crippen LogP contribution in [0.5, 0.6) is 0 Å². The molecule has 0 saturated heterocycles. The summed E-state index contributed by atoms with van der Waals surface area (Å²) in [5, 5.41) is 0. The molecule has 0 radical (unpaired) electrons. The minimum Gasteiger partial charge on any atom is -0.0619 e. The first-order valence-electron chi connectivity index (χ1n) is 13.8. The van der Waals surface area contributed by atoms with Gasteiger partial charge in [0.25, 0.3) is 0 Å². The summed E-state index contributed by atoms with van der Waals surface area (Å²) < 4.78 is 1.17. The predicted octanol–water partition coefficient (Wildman–Crippen LogP) is 9.49. The number of hydrogen-bond acceptors (Lipinski definition) is 0. The van der Waals surface area contributed by atoms with E-state index in [0.29, 0.717) is 0 Å². The monoisotopic (exact) mass is 528 g/mol. The summed E-state index contributed by atoms with van der Waals surface area (Å²) in [5.74, 6) is 3.41. The van der Waals surface area contributed by atoms with Crippen molar-refractivity contribution in [1.29, 1.82) is 0 Å². The van der Waals surface area contributed by atoms with Crippen LogP contribution in [0.25, 0.3) is 22.3 Å². The number of rotatable bonds is 0. The van der Waals surface area contributed by atoms with Crippen molar-refractivity contribution in [2.24, 2.45) is 11.8 Å². The van der Waals surface area contributed by atoms with Crippen molar-refractivity contribution in [2.75, 3.05) is 0 Å². The average Bonchev–Trinajstić information content (AvgIpc) is 3.25. The van der Waals surface area contributed by atoms with E-state index in [1.165, 1.54) is 86.6 Å². The van der Waals surface area contributed by atoms with Gasteiger partial charge in [0.2, 0.25) is 0 Å². The first-order chi connectivity index (χ1) is 17.6. The predicted molar refractivity (Wildman–Crippen MR) is 151 cm³/mol. The van der Waals surface area contributed by atoms with Crippen LogP contribution in [-0.2, 0) is 5.41 Å². The van der Waals surface area contributed by atoms with E-state index in [1.807, 2.05) is 0 Å². The van der Waals surface area contributed by atoms with E-state index in [9.17, 15) is 0 Å². The lowest BCUT2D eigenvalue weighted by molar-refractivity contribution is 0.166. The number of benzene rings is 4. The molecule has 0 aliphatic heterocycles. The van der Waals surface area contributed by atoms with Crippen LogP contribution in [0.2, 0.25) is 0 Å². The summed E-state index contributed by atoms with van der Waals surface area (Å²) in [6.45, 7) is 2.26. The summed E-state index contributed by atoms with van der Waals surface area (Å²) in [6.07, 6.45) is 7.15. The molecule has 176 valence electrons. The fraction of sp³-hybridized carbons (Fsp3) is 0.314. The van der Waals surface area contributed by atoms with Gasteiger partial charge >= 0.3 is 0 Å².